The van der Waals surface area contributed by atoms with Crippen LogP contribution in [0.25, 0.3) is 0 Å². The molecular weight excluding hydrogens is 256 g/mol. The fraction of sp³-hybridized carbons (Fsp3) is 0.625. The van der Waals surface area contributed by atoms with E-state index < -0.39 is 0 Å². The number of nitrogens with zero attached hydrogens (tertiary/aromatic N) is 1. The van der Waals surface area contributed by atoms with E-state index in [-0.39, 0.29) is 0 Å². The van der Waals surface area contributed by atoms with Crippen molar-refractivity contribution in [2.24, 2.45) is 17.6 Å². The van der Waals surface area contributed by atoms with Crippen LogP contribution >= 0.6 is 11.6 Å². The highest BCUT2D eigenvalue weighted by Gasteiger charge is 2.38. The van der Waals surface area contributed by atoms with Gasteiger partial charge in [-0.2, -0.15) is 0 Å². The molecule has 1 aliphatic heterocycles. The lowest BCUT2D eigenvalue weighted by molar-refractivity contribution is -0.933. The fourth-order valence-corrected chi connectivity index (χ4v) is 3.76. The van der Waals surface area contributed by atoms with E-state index in [1.165, 1.54) is 36.1 Å². The molecule has 0 saturated carbocycles. The van der Waals surface area contributed by atoms with Crippen LogP contribution in [0, 0.1) is 11.8 Å². The lowest BCUT2D eigenvalue weighted by Gasteiger charge is -2.36. The average molecular weight is 282 g/mol. The van der Waals surface area contributed by atoms with Crippen LogP contribution in [-0.4, -0.2) is 30.7 Å². The number of hydrogen-bond donors (Lipinski definition) is 1. The van der Waals surface area contributed by atoms with Crippen molar-refractivity contribution in [1.29, 1.82) is 0 Å². The Balaban J connectivity index is 2.14. The monoisotopic (exact) mass is 281 g/mol. The zero-order chi connectivity index (χ0) is 13.9. The smallest absolute Gasteiger partial charge is 0.104 e. The molecule has 3 heteroatoms. The highest BCUT2D eigenvalue weighted by molar-refractivity contribution is 6.30. The average Bonchev–Trinajstić information content (AvgIpc) is 2.71. The molecule has 2 nitrogen and oxygen atoms in total. The van der Waals surface area contributed by atoms with Crippen LogP contribution in [-0.2, 0) is 6.54 Å². The van der Waals surface area contributed by atoms with Gasteiger partial charge in [0, 0.05) is 35.4 Å². The SMILES string of the molecule is CC(C)C[N+]1(Cc2cccc(Cl)c2)CC[C@@H](CN)C1. The zero-order valence-corrected chi connectivity index (χ0v) is 12.9. The van der Waals surface area contributed by atoms with E-state index in [9.17, 15) is 0 Å². The van der Waals surface area contributed by atoms with Crippen LogP contribution < -0.4 is 5.73 Å². The maximum atomic E-state index is 6.11. The van der Waals surface area contributed by atoms with Gasteiger partial charge < -0.3 is 10.2 Å². The van der Waals surface area contributed by atoms with Crippen LogP contribution in [0.3, 0.4) is 0 Å². The minimum atomic E-state index is 0.693. The number of quaternary nitrogens is 1. The summed E-state index contributed by atoms with van der Waals surface area (Å²) in [7, 11) is 0. The summed E-state index contributed by atoms with van der Waals surface area (Å²) in [5, 5.41) is 0.842. The molecule has 0 amide bonds. The first-order valence-corrected chi connectivity index (χ1v) is 7.70. The predicted octanol–water partition coefficient (Wildman–Crippen LogP) is 3.29. The fourth-order valence-electron chi connectivity index (χ4n) is 3.55. The molecule has 1 unspecified atom stereocenters. The Morgan fingerprint density at radius 3 is 2.79 bits per heavy atom. The number of likely N-dealkylation sites (tertiary alicyclic amines) is 1. The van der Waals surface area contributed by atoms with E-state index >= 15 is 0 Å². The molecule has 1 aromatic carbocycles. The molecule has 1 aliphatic rings. The first kappa shape index (κ1) is 14.8. The Morgan fingerprint density at radius 2 is 2.21 bits per heavy atom. The van der Waals surface area contributed by atoms with Crippen molar-refractivity contribution in [3.05, 3.63) is 34.9 Å². The number of nitrogens with two attached hydrogens (primary N) is 1. The number of rotatable bonds is 5. The molecule has 0 radical (unpaired) electrons. The summed E-state index contributed by atoms with van der Waals surface area (Å²) in [6.45, 7) is 10.3. The predicted molar refractivity (Wildman–Crippen MR) is 82.0 cm³/mol. The van der Waals surface area contributed by atoms with Crippen LogP contribution in [0.15, 0.2) is 24.3 Å². The summed E-state index contributed by atoms with van der Waals surface area (Å²) >= 11 is 6.11. The molecule has 2 rings (SSSR count). The molecule has 19 heavy (non-hydrogen) atoms. The molecular formula is C16H26ClN2+. The lowest BCUT2D eigenvalue weighted by Crippen LogP contribution is -2.48. The van der Waals surface area contributed by atoms with Gasteiger partial charge in [0.25, 0.3) is 0 Å². The molecule has 0 aromatic heterocycles. The first-order chi connectivity index (χ1) is 9.03. The van der Waals surface area contributed by atoms with Gasteiger partial charge in [0.05, 0.1) is 19.6 Å². The lowest BCUT2D eigenvalue weighted by atomic mass is 10.1. The summed E-state index contributed by atoms with van der Waals surface area (Å²) in [5.41, 5.74) is 7.22. The molecule has 2 N–H and O–H groups in total. The van der Waals surface area contributed by atoms with Crippen LogP contribution in [0.5, 0.6) is 0 Å². The Morgan fingerprint density at radius 1 is 1.42 bits per heavy atom. The third kappa shape index (κ3) is 3.95. The quantitative estimate of drug-likeness (QED) is 0.824. The van der Waals surface area contributed by atoms with Crippen molar-refractivity contribution in [2.75, 3.05) is 26.2 Å². The van der Waals surface area contributed by atoms with Gasteiger partial charge >= 0.3 is 0 Å². The van der Waals surface area contributed by atoms with Crippen LogP contribution in [0.2, 0.25) is 5.02 Å². The van der Waals surface area contributed by atoms with Crippen molar-refractivity contribution in [3.63, 3.8) is 0 Å². The number of hydrogen-bond acceptors (Lipinski definition) is 1. The third-order valence-electron chi connectivity index (χ3n) is 4.15. The van der Waals surface area contributed by atoms with Gasteiger partial charge in [0.2, 0.25) is 0 Å². The van der Waals surface area contributed by atoms with Gasteiger partial charge in [-0.15, -0.1) is 0 Å². The van der Waals surface area contributed by atoms with Crippen LogP contribution in [0.4, 0.5) is 0 Å². The topological polar surface area (TPSA) is 26.0 Å². The molecule has 0 aliphatic carbocycles. The Labute approximate surface area is 122 Å². The molecule has 2 atom stereocenters. The van der Waals surface area contributed by atoms with E-state index in [0.717, 1.165) is 24.0 Å². The van der Waals surface area contributed by atoms with E-state index in [4.69, 9.17) is 17.3 Å². The van der Waals surface area contributed by atoms with Crippen molar-refractivity contribution in [2.45, 2.75) is 26.8 Å². The summed E-state index contributed by atoms with van der Waals surface area (Å²) < 4.78 is 1.18. The van der Waals surface area contributed by atoms with Gasteiger partial charge in [0.15, 0.2) is 0 Å². The molecule has 1 saturated heterocycles. The van der Waals surface area contributed by atoms with Crippen LogP contribution in [0.1, 0.15) is 25.8 Å². The molecule has 1 heterocycles. The zero-order valence-electron chi connectivity index (χ0n) is 12.1. The second kappa shape index (κ2) is 6.25. The van der Waals surface area contributed by atoms with E-state index in [1.807, 2.05) is 6.07 Å². The highest BCUT2D eigenvalue weighted by Crippen LogP contribution is 2.29. The number of benzene rings is 1. The molecule has 0 bridgehead atoms. The Bertz CT molecular complexity index is 419. The Kier molecular flexibility index (Phi) is 4.88. The molecule has 1 aromatic rings. The summed E-state index contributed by atoms with van der Waals surface area (Å²) in [4.78, 5) is 0. The normalized spacial score (nSPS) is 27.1. The summed E-state index contributed by atoms with van der Waals surface area (Å²) in [6, 6.07) is 8.31. The van der Waals surface area contributed by atoms with Crippen molar-refractivity contribution < 1.29 is 4.48 Å². The van der Waals surface area contributed by atoms with Crippen molar-refractivity contribution >= 4 is 11.6 Å². The standard InChI is InChI=1S/C16H26ClN2/c1-13(2)10-19(7-6-15(9-18)12-19)11-14-4-3-5-16(17)8-14/h3-5,8,13,15H,6-7,9-12,18H2,1-2H3/q+1/t15-,19?/m0/s1. The molecule has 1 fully saturated rings. The maximum Gasteiger partial charge on any atom is 0.104 e. The van der Waals surface area contributed by atoms with Gasteiger partial charge in [-0.3, -0.25) is 0 Å². The first-order valence-electron chi connectivity index (χ1n) is 7.32. The van der Waals surface area contributed by atoms with Gasteiger partial charge in [-0.1, -0.05) is 37.6 Å². The number of halogens is 1. The minimum absolute atomic E-state index is 0.693. The second-order valence-electron chi connectivity index (χ2n) is 6.50. The van der Waals surface area contributed by atoms with E-state index in [0.29, 0.717) is 5.92 Å². The Hall–Kier alpha value is -0.570. The van der Waals surface area contributed by atoms with Gasteiger partial charge in [-0.05, 0) is 12.1 Å². The summed E-state index contributed by atoms with van der Waals surface area (Å²) in [5.74, 6) is 1.41. The third-order valence-corrected chi connectivity index (χ3v) is 4.39. The largest absolute Gasteiger partial charge is 0.330 e. The van der Waals surface area contributed by atoms with Gasteiger partial charge in [-0.25, -0.2) is 0 Å². The van der Waals surface area contributed by atoms with Crippen molar-refractivity contribution in [1.82, 2.24) is 0 Å². The molecule has 106 valence electrons. The molecule has 0 spiro atoms. The second-order valence-corrected chi connectivity index (χ2v) is 6.94. The highest BCUT2D eigenvalue weighted by atomic mass is 35.5. The minimum Gasteiger partial charge on any atom is -0.330 e. The van der Waals surface area contributed by atoms with Gasteiger partial charge in [0.1, 0.15) is 6.54 Å². The van der Waals surface area contributed by atoms with Crippen molar-refractivity contribution in [3.8, 4) is 0 Å². The van der Waals surface area contributed by atoms with E-state index in [1.54, 1.807) is 0 Å². The van der Waals surface area contributed by atoms with E-state index in [2.05, 4.69) is 32.0 Å². The summed E-state index contributed by atoms with van der Waals surface area (Å²) in [6.07, 6.45) is 1.27. The maximum absolute atomic E-state index is 6.11.